The van der Waals surface area contributed by atoms with Crippen LogP contribution < -0.4 is 15.4 Å². The van der Waals surface area contributed by atoms with Gasteiger partial charge in [-0.2, -0.15) is 0 Å². The highest BCUT2D eigenvalue weighted by atomic mass is 32.1. The van der Waals surface area contributed by atoms with Gasteiger partial charge >= 0.3 is 0 Å². The summed E-state index contributed by atoms with van der Waals surface area (Å²) in [6.07, 6.45) is 0. The van der Waals surface area contributed by atoms with Crippen molar-refractivity contribution in [2.75, 3.05) is 25.0 Å². The normalized spacial score (nSPS) is 10.5. The van der Waals surface area contributed by atoms with E-state index >= 15 is 0 Å². The number of thiocarbonyl (C=S) groups is 1. The number of nitrogens with one attached hydrogen (secondary N) is 2. The predicted octanol–water partition coefficient (Wildman–Crippen LogP) is 4.05. The van der Waals surface area contributed by atoms with Crippen LogP contribution in [0, 0.1) is 0 Å². The highest BCUT2D eigenvalue weighted by Crippen LogP contribution is 2.14. The van der Waals surface area contributed by atoms with Crippen molar-refractivity contribution in [1.82, 2.24) is 10.2 Å². The number of nitrogens with zero attached hydrogens (tertiary/aromatic N) is 1. The molecule has 2 rings (SSSR count). The van der Waals surface area contributed by atoms with E-state index in [-0.39, 0.29) is 11.0 Å². The number of carbonyl (C=O) groups excluding carboxylic acids is 1. The number of rotatable bonds is 8. The van der Waals surface area contributed by atoms with E-state index < -0.39 is 0 Å². The molecule has 0 heterocycles. The lowest BCUT2D eigenvalue weighted by Crippen LogP contribution is -2.34. The summed E-state index contributed by atoms with van der Waals surface area (Å²) < 4.78 is 5.42. The summed E-state index contributed by atoms with van der Waals surface area (Å²) in [5.74, 6) is 0.389. The van der Waals surface area contributed by atoms with E-state index in [1.54, 1.807) is 18.2 Å². The SMILES string of the molecule is CCOc1cccc(C(=O)NC(=S)Nc2ccc(CN(CC)CC)cc2)c1. The van der Waals surface area contributed by atoms with Crippen molar-refractivity contribution in [2.24, 2.45) is 0 Å². The summed E-state index contributed by atoms with van der Waals surface area (Å²) in [6, 6.07) is 15.1. The second kappa shape index (κ2) is 10.6. The minimum atomic E-state index is -0.271. The summed E-state index contributed by atoms with van der Waals surface area (Å²) in [4.78, 5) is 14.7. The van der Waals surface area contributed by atoms with Crippen molar-refractivity contribution in [2.45, 2.75) is 27.3 Å². The van der Waals surface area contributed by atoms with E-state index in [0.29, 0.717) is 17.9 Å². The van der Waals surface area contributed by atoms with Gasteiger partial charge in [0.05, 0.1) is 6.61 Å². The minimum absolute atomic E-state index is 0.262. The average Bonchev–Trinajstić information content (AvgIpc) is 2.67. The van der Waals surface area contributed by atoms with Crippen LogP contribution in [-0.4, -0.2) is 35.6 Å². The Morgan fingerprint density at radius 1 is 1.07 bits per heavy atom. The number of ether oxygens (including phenoxy) is 1. The molecular formula is C21H27N3O2S. The maximum atomic E-state index is 12.3. The van der Waals surface area contributed by atoms with Gasteiger partial charge in [-0.25, -0.2) is 0 Å². The molecule has 1 amide bonds. The second-order valence-corrected chi connectivity index (χ2v) is 6.44. The lowest BCUT2D eigenvalue weighted by atomic mass is 10.2. The van der Waals surface area contributed by atoms with Gasteiger partial charge in [0, 0.05) is 17.8 Å². The highest BCUT2D eigenvalue weighted by molar-refractivity contribution is 7.80. The fourth-order valence-electron chi connectivity index (χ4n) is 2.63. The van der Waals surface area contributed by atoms with Crippen LogP contribution in [0.25, 0.3) is 0 Å². The standard InChI is InChI=1S/C21H27N3O2S/c1-4-24(5-2)15-16-10-12-18(13-11-16)22-21(27)23-20(25)17-8-7-9-19(14-17)26-6-3/h7-14H,4-6,15H2,1-3H3,(H2,22,23,25,27). The van der Waals surface area contributed by atoms with Crippen molar-refractivity contribution < 1.29 is 9.53 Å². The zero-order valence-corrected chi connectivity index (χ0v) is 16.9. The van der Waals surface area contributed by atoms with Crippen LogP contribution in [-0.2, 0) is 6.54 Å². The molecule has 0 unspecified atom stereocenters. The Kier molecular flexibility index (Phi) is 8.23. The van der Waals surface area contributed by atoms with E-state index in [1.165, 1.54) is 5.56 Å². The first kappa shape index (κ1) is 20.9. The van der Waals surface area contributed by atoms with E-state index in [4.69, 9.17) is 17.0 Å². The Morgan fingerprint density at radius 2 is 1.78 bits per heavy atom. The van der Waals surface area contributed by atoms with Gasteiger partial charge in [-0.3, -0.25) is 15.0 Å². The predicted molar refractivity (Wildman–Crippen MR) is 114 cm³/mol. The Labute approximate surface area is 166 Å². The van der Waals surface area contributed by atoms with E-state index in [2.05, 4.69) is 41.5 Å². The minimum Gasteiger partial charge on any atom is -0.494 e. The van der Waals surface area contributed by atoms with Crippen LogP contribution in [0.5, 0.6) is 5.75 Å². The molecular weight excluding hydrogens is 358 g/mol. The van der Waals surface area contributed by atoms with Crippen molar-refractivity contribution in [1.29, 1.82) is 0 Å². The second-order valence-electron chi connectivity index (χ2n) is 6.03. The molecule has 0 spiro atoms. The molecule has 0 saturated carbocycles. The largest absolute Gasteiger partial charge is 0.494 e. The molecule has 5 nitrogen and oxygen atoms in total. The van der Waals surface area contributed by atoms with Crippen molar-refractivity contribution in [3.63, 3.8) is 0 Å². The van der Waals surface area contributed by atoms with Crippen LogP contribution >= 0.6 is 12.2 Å². The first-order chi connectivity index (χ1) is 13.0. The van der Waals surface area contributed by atoms with Crippen LogP contribution in [0.2, 0.25) is 0 Å². The Bertz CT molecular complexity index is 758. The first-order valence-corrected chi connectivity index (χ1v) is 9.63. The zero-order chi connectivity index (χ0) is 19.6. The van der Waals surface area contributed by atoms with Gasteiger partial charge in [0.2, 0.25) is 0 Å². The lowest BCUT2D eigenvalue weighted by molar-refractivity contribution is 0.0977. The fourth-order valence-corrected chi connectivity index (χ4v) is 2.84. The van der Waals surface area contributed by atoms with Gasteiger partial charge in [0.1, 0.15) is 5.75 Å². The monoisotopic (exact) mass is 385 g/mol. The van der Waals surface area contributed by atoms with Crippen LogP contribution in [0.1, 0.15) is 36.7 Å². The van der Waals surface area contributed by atoms with Gasteiger partial charge in [-0.1, -0.05) is 32.0 Å². The van der Waals surface area contributed by atoms with Crippen LogP contribution in [0.3, 0.4) is 0 Å². The maximum absolute atomic E-state index is 12.3. The maximum Gasteiger partial charge on any atom is 0.257 e. The Balaban J connectivity index is 1.91. The Morgan fingerprint density at radius 3 is 2.41 bits per heavy atom. The van der Waals surface area contributed by atoms with E-state index in [0.717, 1.165) is 25.3 Å². The van der Waals surface area contributed by atoms with Gasteiger partial charge in [-0.05, 0) is 68.1 Å². The Hall–Kier alpha value is -2.44. The number of amides is 1. The summed E-state index contributed by atoms with van der Waals surface area (Å²) in [6.45, 7) is 9.74. The molecule has 27 heavy (non-hydrogen) atoms. The summed E-state index contributed by atoms with van der Waals surface area (Å²) >= 11 is 5.25. The van der Waals surface area contributed by atoms with Crippen molar-refractivity contribution in [3.8, 4) is 5.75 Å². The molecule has 0 aromatic heterocycles. The van der Waals surface area contributed by atoms with Gasteiger partial charge in [0.25, 0.3) is 5.91 Å². The number of hydrogen-bond donors (Lipinski definition) is 2. The van der Waals surface area contributed by atoms with Gasteiger partial charge in [0.15, 0.2) is 5.11 Å². The van der Waals surface area contributed by atoms with Gasteiger partial charge in [-0.15, -0.1) is 0 Å². The molecule has 6 heteroatoms. The van der Waals surface area contributed by atoms with E-state index in [9.17, 15) is 4.79 Å². The van der Waals surface area contributed by atoms with Gasteiger partial charge < -0.3 is 10.1 Å². The number of hydrogen-bond acceptors (Lipinski definition) is 4. The van der Waals surface area contributed by atoms with Crippen molar-refractivity contribution >= 4 is 28.9 Å². The third-order valence-electron chi connectivity index (χ3n) is 4.15. The molecule has 0 fully saturated rings. The molecule has 2 N–H and O–H groups in total. The van der Waals surface area contributed by atoms with Crippen LogP contribution in [0.4, 0.5) is 5.69 Å². The van der Waals surface area contributed by atoms with Crippen molar-refractivity contribution in [3.05, 3.63) is 59.7 Å². The molecule has 2 aromatic carbocycles. The number of carbonyl (C=O) groups is 1. The quantitative estimate of drug-likeness (QED) is 0.672. The topological polar surface area (TPSA) is 53.6 Å². The third-order valence-corrected chi connectivity index (χ3v) is 4.35. The molecule has 144 valence electrons. The summed E-state index contributed by atoms with van der Waals surface area (Å²) in [5, 5.41) is 6.00. The van der Waals surface area contributed by atoms with Crippen LogP contribution in [0.15, 0.2) is 48.5 Å². The fraction of sp³-hybridized carbons (Fsp3) is 0.333. The van der Waals surface area contributed by atoms with E-state index in [1.807, 2.05) is 25.1 Å². The smallest absolute Gasteiger partial charge is 0.257 e. The summed E-state index contributed by atoms with van der Waals surface area (Å²) in [5.41, 5.74) is 2.58. The molecule has 0 atom stereocenters. The molecule has 0 radical (unpaired) electrons. The molecule has 0 aliphatic rings. The molecule has 0 bridgehead atoms. The molecule has 2 aromatic rings. The molecule has 0 aliphatic heterocycles. The zero-order valence-electron chi connectivity index (χ0n) is 16.1. The first-order valence-electron chi connectivity index (χ1n) is 9.22. The average molecular weight is 386 g/mol. The highest BCUT2D eigenvalue weighted by Gasteiger charge is 2.09. The third kappa shape index (κ3) is 6.66. The number of benzene rings is 2. The summed E-state index contributed by atoms with van der Waals surface area (Å²) in [7, 11) is 0. The molecule has 0 aliphatic carbocycles. The number of anilines is 1. The molecule has 0 saturated heterocycles. The lowest BCUT2D eigenvalue weighted by Gasteiger charge is -2.18.